The zero-order chi connectivity index (χ0) is 21.2. The van der Waals surface area contributed by atoms with E-state index in [1.807, 2.05) is 97.1 Å². The lowest BCUT2D eigenvalue weighted by Crippen LogP contribution is -2.43. The largest absolute Gasteiger partial charge is 0.842 e. The highest BCUT2D eigenvalue weighted by atomic mass is 16.3. The topological polar surface area (TPSA) is 61.3 Å². The summed E-state index contributed by atoms with van der Waals surface area (Å²) in [6, 6.07) is 32.1. The van der Waals surface area contributed by atoms with Gasteiger partial charge < -0.3 is 5.11 Å². The van der Waals surface area contributed by atoms with Crippen molar-refractivity contribution in [2.75, 3.05) is 0 Å². The molecule has 0 N–H and O–H groups in total. The first kappa shape index (κ1) is 18.8. The van der Waals surface area contributed by atoms with E-state index in [4.69, 9.17) is 0 Å². The van der Waals surface area contributed by atoms with Crippen LogP contribution in [0.1, 0.15) is 11.1 Å². The van der Waals surface area contributed by atoms with E-state index in [-0.39, 0.29) is 17.9 Å². The van der Waals surface area contributed by atoms with Gasteiger partial charge in [-0.25, -0.2) is 9.36 Å². The quantitative estimate of drug-likeness (QED) is 0.431. The molecule has 5 rings (SSSR count). The summed E-state index contributed by atoms with van der Waals surface area (Å²) in [6.07, 6.45) is 0.242. The van der Waals surface area contributed by atoms with Crippen LogP contribution in [0, 0.1) is 0 Å². The SMILES string of the molecule is O=c1c(Cc2ccccc2)c([O-])[n+](-c2ccccc2)c2ccc(-c3ccccc3)nn12. The smallest absolute Gasteiger partial charge is 0.365 e. The van der Waals surface area contributed by atoms with E-state index in [9.17, 15) is 9.90 Å². The second-order valence-electron chi connectivity index (χ2n) is 7.28. The van der Waals surface area contributed by atoms with Crippen molar-refractivity contribution in [3.8, 4) is 22.8 Å². The Balaban J connectivity index is 1.80. The van der Waals surface area contributed by atoms with Gasteiger partial charge in [0.1, 0.15) is 11.4 Å². The summed E-state index contributed by atoms with van der Waals surface area (Å²) in [5.41, 5.74) is 3.37. The zero-order valence-corrected chi connectivity index (χ0v) is 16.7. The summed E-state index contributed by atoms with van der Waals surface area (Å²) in [7, 11) is 0. The van der Waals surface area contributed by atoms with Gasteiger partial charge in [0, 0.05) is 18.1 Å². The van der Waals surface area contributed by atoms with Crippen LogP contribution in [0.4, 0.5) is 0 Å². The normalized spacial score (nSPS) is 11.0. The standard InChI is InChI=1S/C26H19N3O2/c30-25-22(18-19-10-4-1-5-11-19)26(31)29-24(28(25)21-14-8-3-9-15-21)17-16-23(27-29)20-12-6-2-7-13-20/h1-17H,18H2. The van der Waals surface area contributed by atoms with Gasteiger partial charge in [0.15, 0.2) is 0 Å². The minimum absolute atomic E-state index is 0.185. The predicted octanol–water partition coefficient (Wildman–Crippen LogP) is 3.30. The van der Waals surface area contributed by atoms with Crippen molar-refractivity contribution in [3.05, 3.63) is 125 Å². The maximum Gasteiger partial charge on any atom is 0.365 e. The number of para-hydroxylation sites is 1. The number of hydrogen-bond acceptors (Lipinski definition) is 3. The van der Waals surface area contributed by atoms with Crippen LogP contribution in [-0.2, 0) is 6.42 Å². The number of benzene rings is 3. The molecule has 150 valence electrons. The monoisotopic (exact) mass is 405 g/mol. The fraction of sp³-hybridized carbons (Fsp3) is 0.0385. The van der Waals surface area contributed by atoms with Crippen molar-refractivity contribution in [3.63, 3.8) is 0 Å². The Morgan fingerprint density at radius 2 is 1.39 bits per heavy atom. The first-order valence-electron chi connectivity index (χ1n) is 10.0. The number of rotatable bonds is 4. The van der Waals surface area contributed by atoms with Crippen LogP contribution in [0.25, 0.3) is 22.6 Å². The molecule has 0 aliphatic carbocycles. The Bertz CT molecular complexity index is 1410. The molecule has 0 radical (unpaired) electrons. The molecule has 5 nitrogen and oxygen atoms in total. The van der Waals surface area contributed by atoms with Crippen molar-refractivity contribution < 1.29 is 9.67 Å². The van der Waals surface area contributed by atoms with Crippen molar-refractivity contribution in [2.45, 2.75) is 6.42 Å². The number of nitrogens with zero attached hydrogens (tertiary/aromatic N) is 3. The Hall–Kier alpha value is -4.25. The first-order valence-corrected chi connectivity index (χ1v) is 10.0. The molecule has 0 bridgehead atoms. The lowest BCUT2D eigenvalue weighted by molar-refractivity contribution is -0.632. The summed E-state index contributed by atoms with van der Waals surface area (Å²) < 4.78 is 2.90. The third-order valence-electron chi connectivity index (χ3n) is 5.26. The molecule has 0 fully saturated rings. The molecule has 0 saturated heterocycles. The fourth-order valence-electron chi connectivity index (χ4n) is 3.73. The van der Waals surface area contributed by atoms with Crippen molar-refractivity contribution in [1.82, 2.24) is 9.61 Å². The van der Waals surface area contributed by atoms with Gasteiger partial charge in [-0.05, 0) is 23.8 Å². The van der Waals surface area contributed by atoms with Crippen molar-refractivity contribution in [2.24, 2.45) is 0 Å². The van der Waals surface area contributed by atoms with Gasteiger partial charge in [-0.1, -0.05) is 88.5 Å². The molecule has 2 heterocycles. The van der Waals surface area contributed by atoms with Gasteiger partial charge in [-0.2, -0.15) is 0 Å². The highest BCUT2D eigenvalue weighted by Gasteiger charge is 2.22. The van der Waals surface area contributed by atoms with E-state index in [1.54, 1.807) is 10.6 Å². The highest BCUT2D eigenvalue weighted by Crippen LogP contribution is 2.19. The lowest BCUT2D eigenvalue weighted by Gasteiger charge is -2.16. The molecule has 0 amide bonds. The first-order chi connectivity index (χ1) is 15.2. The van der Waals surface area contributed by atoms with E-state index in [1.165, 1.54) is 4.52 Å². The molecule has 3 aromatic carbocycles. The van der Waals surface area contributed by atoms with E-state index in [0.29, 0.717) is 17.0 Å². The fourth-order valence-corrected chi connectivity index (χ4v) is 3.73. The molecule has 0 saturated carbocycles. The van der Waals surface area contributed by atoms with Crippen LogP contribution in [0.5, 0.6) is 5.88 Å². The van der Waals surface area contributed by atoms with Gasteiger partial charge in [0.25, 0.3) is 0 Å². The van der Waals surface area contributed by atoms with Gasteiger partial charge in [0.2, 0.25) is 0 Å². The molecular weight excluding hydrogens is 386 g/mol. The number of fused-ring (bicyclic) bond motifs is 1. The van der Waals surface area contributed by atoms with E-state index < -0.39 is 5.56 Å². The summed E-state index contributed by atoms with van der Waals surface area (Å²) >= 11 is 0. The summed E-state index contributed by atoms with van der Waals surface area (Å²) in [5, 5.41) is 18.1. The van der Waals surface area contributed by atoms with Gasteiger partial charge in [-0.3, -0.25) is 0 Å². The maximum absolute atomic E-state index is 13.5. The summed E-state index contributed by atoms with van der Waals surface area (Å²) in [4.78, 5) is 13.4. The summed E-state index contributed by atoms with van der Waals surface area (Å²) in [6.45, 7) is 0. The van der Waals surface area contributed by atoms with Crippen molar-refractivity contribution >= 4 is 5.65 Å². The van der Waals surface area contributed by atoms with Crippen LogP contribution in [0.2, 0.25) is 0 Å². The molecule has 31 heavy (non-hydrogen) atoms. The van der Waals surface area contributed by atoms with Crippen LogP contribution in [0.3, 0.4) is 0 Å². The van der Waals surface area contributed by atoms with Crippen LogP contribution < -0.4 is 15.2 Å². The number of hydrogen-bond donors (Lipinski definition) is 0. The Labute approximate surface area is 179 Å². The van der Waals surface area contributed by atoms with Gasteiger partial charge in [0.05, 0.1) is 11.4 Å². The second-order valence-corrected chi connectivity index (χ2v) is 7.28. The lowest BCUT2D eigenvalue weighted by atomic mass is 10.1. The average Bonchev–Trinajstić information content (AvgIpc) is 2.84. The van der Waals surface area contributed by atoms with Crippen LogP contribution in [-0.4, -0.2) is 9.61 Å². The van der Waals surface area contributed by atoms with Gasteiger partial charge >= 0.3 is 11.2 Å². The molecule has 0 atom stereocenters. The third kappa shape index (κ3) is 3.46. The maximum atomic E-state index is 13.5. The predicted molar refractivity (Wildman–Crippen MR) is 117 cm³/mol. The van der Waals surface area contributed by atoms with Gasteiger partial charge in [-0.15, -0.1) is 0 Å². The molecule has 0 aliphatic rings. The molecule has 0 aliphatic heterocycles. The highest BCUT2D eigenvalue weighted by molar-refractivity contribution is 5.59. The molecule has 2 aromatic heterocycles. The van der Waals surface area contributed by atoms with E-state index in [0.717, 1.165) is 11.1 Å². The third-order valence-corrected chi connectivity index (χ3v) is 5.26. The molecule has 0 spiro atoms. The van der Waals surface area contributed by atoms with E-state index >= 15 is 0 Å². The van der Waals surface area contributed by atoms with Crippen LogP contribution >= 0.6 is 0 Å². The second kappa shape index (κ2) is 7.88. The molecule has 5 aromatic rings. The Morgan fingerprint density at radius 1 is 0.774 bits per heavy atom. The molecule has 0 unspecified atom stereocenters. The Kier molecular flexibility index (Phi) is 4.77. The zero-order valence-electron chi connectivity index (χ0n) is 16.7. The van der Waals surface area contributed by atoms with Crippen LogP contribution in [0.15, 0.2) is 108 Å². The molecular formula is C26H19N3O2. The molecule has 5 heteroatoms. The van der Waals surface area contributed by atoms with Crippen molar-refractivity contribution in [1.29, 1.82) is 0 Å². The van der Waals surface area contributed by atoms with E-state index in [2.05, 4.69) is 5.10 Å². The summed E-state index contributed by atoms with van der Waals surface area (Å²) in [5.74, 6) is -0.325. The number of aromatic nitrogens is 3. The minimum Gasteiger partial charge on any atom is -0.842 e. The minimum atomic E-state index is -0.395. The average molecular weight is 405 g/mol. The Morgan fingerprint density at radius 3 is 2.06 bits per heavy atom.